The van der Waals surface area contributed by atoms with Crippen LogP contribution in [0.4, 0.5) is 0 Å². The Morgan fingerprint density at radius 1 is 1.19 bits per heavy atom. The molecule has 2 nitrogen and oxygen atoms in total. The number of rotatable bonds is 0. The third kappa shape index (κ3) is 0.941. The first-order valence-corrected chi connectivity index (χ1v) is 5.72. The predicted molar refractivity (Wildman–Crippen MR) is 64.2 cm³/mol. The third-order valence-electron chi connectivity index (χ3n) is 3.66. The van der Waals surface area contributed by atoms with Crippen molar-refractivity contribution in [1.29, 1.82) is 0 Å². The minimum atomic E-state index is 0.346. The average molecular weight is 208 g/mol. The molecular weight excluding hydrogens is 196 g/mol. The summed E-state index contributed by atoms with van der Waals surface area (Å²) >= 11 is 0. The van der Waals surface area contributed by atoms with E-state index in [-0.39, 0.29) is 0 Å². The van der Waals surface area contributed by atoms with Gasteiger partial charge < -0.3 is 4.90 Å². The van der Waals surface area contributed by atoms with Crippen LogP contribution in [0, 0.1) is 0 Å². The van der Waals surface area contributed by atoms with Crippen LogP contribution in [0.1, 0.15) is 17.2 Å². The first-order valence-electron chi connectivity index (χ1n) is 5.72. The van der Waals surface area contributed by atoms with Gasteiger partial charge in [-0.3, -0.25) is 4.99 Å². The molecule has 0 fully saturated rings. The van der Waals surface area contributed by atoms with Gasteiger partial charge in [-0.1, -0.05) is 30.3 Å². The van der Waals surface area contributed by atoms with Gasteiger partial charge in [-0.2, -0.15) is 0 Å². The molecule has 1 aromatic rings. The van der Waals surface area contributed by atoms with Gasteiger partial charge in [0.1, 0.15) is 5.84 Å². The normalized spacial score (nSPS) is 28.8. The van der Waals surface area contributed by atoms with E-state index in [1.165, 1.54) is 11.1 Å². The maximum atomic E-state index is 4.82. The van der Waals surface area contributed by atoms with Crippen LogP contribution < -0.4 is 0 Å². The fraction of sp³-hybridized carbons (Fsp3) is 0.214. The van der Waals surface area contributed by atoms with E-state index >= 15 is 0 Å². The number of benzene rings is 1. The number of aliphatic imine (C=N–C) groups is 1. The molecule has 0 saturated carbocycles. The van der Waals surface area contributed by atoms with Crippen LogP contribution in [-0.2, 0) is 6.42 Å². The monoisotopic (exact) mass is 208 g/mol. The lowest BCUT2D eigenvalue weighted by molar-refractivity contribution is 0.405. The Kier molecular flexibility index (Phi) is 1.48. The lowest BCUT2D eigenvalue weighted by Gasteiger charge is -2.23. The highest BCUT2D eigenvalue weighted by atomic mass is 15.3. The Morgan fingerprint density at radius 3 is 3.12 bits per heavy atom. The van der Waals surface area contributed by atoms with Gasteiger partial charge in [-0.15, -0.1) is 0 Å². The van der Waals surface area contributed by atoms with Crippen LogP contribution in [0.5, 0.6) is 0 Å². The van der Waals surface area contributed by atoms with Gasteiger partial charge in [-0.25, -0.2) is 0 Å². The zero-order valence-corrected chi connectivity index (χ0v) is 8.88. The zero-order valence-electron chi connectivity index (χ0n) is 8.88. The zero-order chi connectivity index (χ0) is 10.5. The third-order valence-corrected chi connectivity index (χ3v) is 3.66. The van der Waals surface area contributed by atoms with Gasteiger partial charge in [0, 0.05) is 6.20 Å². The lowest BCUT2D eigenvalue weighted by atomic mass is 10.1. The van der Waals surface area contributed by atoms with Crippen molar-refractivity contribution in [3.8, 4) is 0 Å². The quantitative estimate of drug-likeness (QED) is 0.639. The molecule has 3 aliphatic rings. The van der Waals surface area contributed by atoms with Gasteiger partial charge in [0.2, 0.25) is 0 Å². The van der Waals surface area contributed by atoms with E-state index in [0.717, 1.165) is 12.3 Å². The van der Waals surface area contributed by atoms with Crippen LogP contribution >= 0.6 is 0 Å². The smallest absolute Gasteiger partial charge is 0.128 e. The lowest BCUT2D eigenvalue weighted by Crippen LogP contribution is -2.32. The second-order valence-electron chi connectivity index (χ2n) is 4.51. The number of allylic oxidation sites excluding steroid dienone is 2. The second kappa shape index (κ2) is 2.85. The predicted octanol–water partition coefficient (Wildman–Crippen LogP) is 2.45. The van der Waals surface area contributed by atoms with E-state index in [4.69, 9.17) is 4.99 Å². The molecule has 2 heteroatoms. The minimum absolute atomic E-state index is 0.346. The fourth-order valence-electron chi connectivity index (χ4n) is 2.94. The highest BCUT2D eigenvalue weighted by Gasteiger charge is 2.41. The van der Waals surface area contributed by atoms with E-state index in [1.807, 2.05) is 0 Å². The number of fused-ring (bicyclic) bond motifs is 5. The van der Waals surface area contributed by atoms with Crippen molar-refractivity contribution in [2.45, 2.75) is 18.5 Å². The number of hydrogen-bond acceptors (Lipinski definition) is 2. The summed E-state index contributed by atoms with van der Waals surface area (Å²) in [5, 5.41) is 0. The van der Waals surface area contributed by atoms with Crippen molar-refractivity contribution >= 4 is 5.84 Å². The van der Waals surface area contributed by atoms with Crippen LogP contribution in [0.2, 0.25) is 0 Å². The van der Waals surface area contributed by atoms with Crippen LogP contribution in [0.3, 0.4) is 0 Å². The molecule has 16 heavy (non-hydrogen) atoms. The van der Waals surface area contributed by atoms with Gasteiger partial charge in [-0.05, 0) is 29.7 Å². The van der Waals surface area contributed by atoms with Crippen LogP contribution in [0.25, 0.3) is 0 Å². The summed E-state index contributed by atoms with van der Waals surface area (Å²) in [6.07, 6.45) is 9.51. The van der Waals surface area contributed by atoms with Crippen molar-refractivity contribution in [1.82, 2.24) is 4.90 Å². The molecule has 0 amide bonds. The summed E-state index contributed by atoms with van der Waals surface area (Å²) < 4.78 is 0. The summed E-state index contributed by atoms with van der Waals surface area (Å²) in [7, 11) is 0. The molecule has 2 atom stereocenters. The number of hydrogen-bond donors (Lipinski definition) is 0. The standard InChI is InChI=1S/C14H12N2/c1-2-6-11-10(5-1)9-12-14(11)15-13-7-3-4-8-16(12)13/h1-8,12,14H,9H2. The van der Waals surface area contributed by atoms with Crippen molar-refractivity contribution in [2.24, 2.45) is 4.99 Å². The maximum absolute atomic E-state index is 4.82. The molecule has 0 bridgehead atoms. The molecule has 1 aromatic carbocycles. The Morgan fingerprint density at radius 2 is 2.12 bits per heavy atom. The second-order valence-corrected chi connectivity index (χ2v) is 4.51. The van der Waals surface area contributed by atoms with E-state index in [0.29, 0.717) is 12.1 Å². The maximum Gasteiger partial charge on any atom is 0.128 e. The van der Waals surface area contributed by atoms with Crippen LogP contribution in [-0.4, -0.2) is 16.8 Å². The Labute approximate surface area is 94.6 Å². The molecule has 0 spiro atoms. The van der Waals surface area contributed by atoms with E-state index in [9.17, 15) is 0 Å². The highest BCUT2D eigenvalue weighted by molar-refractivity contribution is 5.97. The van der Waals surface area contributed by atoms with Crippen LogP contribution in [0.15, 0.2) is 53.7 Å². The van der Waals surface area contributed by atoms with Crippen molar-refractivity contribution in [2.75, 3.05) is 0 Å². The Bertz CT molecular complexity index is 539. The molecule has 0 aromatic heterocycles. The topological polar surface area (TPSA) is 15.6 Å². The van der Waals surface area contributed by atoms with Crippen molar-refractivity contribution in [3.63, 3.8) is 0 Å². The molecule has 0 radical (unpaired) electrons. The summed E-state index contributed by atoms with van der Waals surface area (Å²) in [6, 6.07) is 9.54. The summed E-state index contributed by atoms with van der Waals surface area (Å²) in [6.45, 7) is 0. The molecule has 78 valence electrons. The number of nitrogens with zero attached hydrogens (tertiary/aromatic N) is 2. The molecule has 2 heterocycles. The molecule has 2 aliphatic heterocycles. The van der Waals surface area contributed by atoms with Crippen molar-refractivity contribution < 1.29 is 0 Å². The Hall–Kier alpha value is -1.83. The van der Waals surface area contributed by atoms with Gasteiger partial charge in [0.05, 0.1) is 12.1 Å². The number of amidine groups is 1. The first kappa shape index (κ1) is 8.34. The minimum Gasteiger partial charge on any atom is -0.327 e. The average Bonchev–Trinajstić information content (AvgIpc) is 2.85. The molecule has 2 unspecified atom stereocenters. The van der Waals surface area contributed by atoms with Gasteiger partial charge in [0.25, 0.3) is 0 Å². The SMILES string of the molecule is C1=CC2=NC3c4ccccc4CC3N2C=C1. The molecule has 0 saturated heterocycles. The highest BCUT2D eigenvalue weighted by Crippen LogP contribution is 2.42. The molecule has 0 N–H and O–H groups in total. The van der Waals surface area contributed by atoms with E-state index < -0.39 is 0 Å². The van der Waals surface area contributed by atoms with Gasteiger partial charge in [0.15, 0.2) is 0 Å². The first-order chi connectivity index (χ1) is 7.93. The van der Waals surface area contributed by atoms with E-state index in [2.05, 4.69) is 53.6 Å². The van der Waals surface area contributed by atoms with Crippen molar-refractivity contribution in [3.05, 3.63) is 59.8 Å². The summed E-state index contributed by atoms with van der Waals surface area (Å²) in [5.74, 6) is 1.12. The van der Waals surface area contributed by atoms with Gasteiger partial charge >= 0.3 is 0 Å². The molecular formula is C14H12N2. The Balaban J connectivity index is 1.85. The largest absolute Gasteiger partial charge is 0.327 e. The molecule has 4 rings (SSSR count). The van der Waals surface area contributed by atoms with E-state index in [1.54, 1.807) is 0 Å². The summed E-state index contributed by atoms with van der Waals surface area (Å²) in [5.41, 5.74) is 2.87. The summed E-state index contributed by atoms with van der Waals surface area (Å²) in [4.78, 5) is 7.13. The molecule has 1 aliphatic carbocycles. The fourth-order valence-corrected chi connectivity index (χ4v) is 2.94.